The molecule has 4 nitrogen and oxygen atoms in total. The van der Waals surface area contributed by atoms with Crippen molar-refractivity contribution in [2.75, 3.05) is 6.54 Å². The van der Waals surface area contributed by atoms with Crippen molar-refractivity contribution in [3.8, 4) is 11.3 Å². The summed E-state index contributed by atoms with van der Waals surface area (Å²) in [6, 6.07) is 8.13. The number of carbonyl (C=O) groups excluding carboxylic acids is 1. The fraction of sp³-hybridized carbons (Fsp3) is 0.200. The molecule has 0 saturated heterocycles. The number of pyridine rings is 1. The van der Waals surface area contributed by atoms with Gasteiger partial charge in [0, 0.05) is 22.8 Å². The molecule has 0 saturated carbocycles. The Morgan fingerprint density at radius 1 is 1.24 bits per heavy atom. The molecule has 0 unspecified atom stereocenters. The van der Waals surface area contributed by atoms with Crippen LogP contribution in [0.15, 0.2) is 35.1 Å². The van der Waals surface area contributed by atoms with Crippen molar-refractivity contribution in [1.82, 2.24) is 10.3 Å². The van der Waals surface area contributed by atoms with Crippen LogP contribution in [0.2, 0.25) is 10.0 Å². The van der Waals surface area contributed by atoms with E-state index < -0.39 is 5.56 Å². The van der Waals surface area contributed by atoms with Gasteiger partial charge in [0.05, 0.1) is 5.02 Å². The van der Waals surface area contributed by atoms with Gasteiger partial charge in [-0.05, 0) is 36.8 Å². The molecule has 110 valence electrons. The molecule has 0 bridgehead atoms. The largest absolute Gasteiger partial charge is 0.352 e. The van der Waals surface area contributed by atoms with Crippen molar-refractivity contribution >= 4 is 29.1 Å². The Balaban J connectivity index is 2.35. The highest BCUT2D eigenvalue weighted by Crippen LogP contribution is 2.28. The highest BCUT2D eigenvalue weighted by atomic mass is 35.5. The van der Waals surface area contributed by atoms with Crippen LogP contribution in [-0.2, 0) is 0 Å². The second kappa shape index (κ2) is 6.78. The molecule has 21 heavy (non-hydrogen) atoms. The van der Waals surface area contributed by atoms with Gasteiger partial charge in [0.1, 0.15) is 5.56 Å². The minimum Gasteiger partial charge on any atom is -0.352 e. The molecule has 0 radical (unpaired) electrons. The standard InChI is InChI=1S/C15H14Cl2N2O2/c1-2-7-18-14(20)11-5-6-13(19-15(11)21)10-4-3-9(16)8-12(10)17/h3-6,8H,2,7H2,1H3,(H,18,20)(H,19,21). The first-order valence-corrected chi connectivity index (χ1v) is 7.25. The van der Waals surface area contributed by atoms with Crippen molar-refractivity contribution in [1.29, 1.82) is 0 Å². The highest BCUT2D eigenvalue weighted by molar-refractivity contribution is 6.36. The fourth-order valence-corrected chi connectivity index (χ4v) is 2.36. The van der Waals surface area contributed by atoms with Gasteiger partial charge in [-0.2, -0.15) is 0 Å². The summed E-state index contributed by atoms with van der Waals surface area (Å²) in [5.74, 6) is -0.383. The summed E-state index contributed by atoms with van der Waals surface area (Å²) in [6.07, 6.45) is 0.808. The Morgan fingerprint density at radius 3 is 2.62 bits per heavy atom. The maximum atomic E-state index is 12.0. The molecule has 0 fully saturated rings. The number of hydrogen-bond acceptors (Lipinski definition) is 2. The van der Waals surface area contributed by atoms with E-state index in [0.717, 1.165) is 6.42 Å². The first-order chi connectivity index (χ1) is 10.0. The van der Waals surface area contributed by atoms with Crippen molar-refractivity contribution in [2.24, 2.45) is 0 Å². The molecule has 1 heterocycles. The van der Waals surface area contributed by atoms with Gasteiger partial charge in [-0.1, -0.05) is 30.1 Å². The number of aromatic amines is 1. The molecule has 1 aromatic heterocycles. The van der Waals surface area contributed by atoms with Gasteiger partial charge < -0.3 is 10.3 Å². The molecule has 2 rings (SSSR count). The maximum absolute atomic E-state index is 12.0. The third kappa shape index (κ3) is 3.65. The van der Waals surface area contributed by atoms with E-state index in [0.29, 0.717) is 27.8 Å². The van der Waals surface area contributed by atoms with Gasteiger partial charge in [0.15, 0.2) is 0 Å². The lowest BCUT2D eigenvalue weighted by Gasteiger charge is -2.07. The third-order valence-electron chi connectivity index (χ3n) is 2.91. The number of rotatable bonds is 4. The van der Waals surface area contributed by atoms with E-state index in [1.165, 1.54) is 6.07 Å². The second-order valence-corrected chi connectivity index (χ2v) is 5.34. The number of amides is 1. The first-order valence-electron chi connectivity index (χ1n) is 6.50. The first kappa shape index (κ1) is 15.6. The van der Waals surface area contributed by atoms with Crippen molar-refractivity contribution in [2.45, 2.75) is 13.3 Å². The monoisotopic (exact) mass is 324 g/mol. The smallest absolute Gasteiger partial charge is 0.261 e. The van der Waals surface area contributed by atoms with Crippen LogP contribution in [0.4, 0.5) is 0 Å². The summed E-state index contributed by atoms with van der Waals surface area (Å²) in [7, 11) is 0. The summed E-state index contributed by atoms with van der Waals surface area (Å²) in [4.78, 5) is 26.5. The number of nitrogens with one attached hydrogen (secondary N) is 2. The minimum atomic E-state index is -0.452. The van der Waals surface area contributed by atoms with Crippen LogP contribution in [0.3, 0.4) is 0 Å². The van der Waals surface area contributed by atoms with Gasteiger partial charge in [0.2, 0.25) is 0 Å². The number of halogens is 2. The van der Waals surface area contributed by atoms with E-state index in [2.05, 4.69) is 10.3 Å². The van der Waals surface area contributed by atoms with Crippen molar-refractivity contribution < 1.29 is 4.79 Å². The second-order valence-electron chi connectivity index (χ2n) is 4.49. The molecular weight excluding hydrogens is 311 g/mol. The Morgan fingerprint density at radius 2 is 2.00 bits per heavy atom. The summed E-state index contributed by atoms with van der Waals surface area (Å²) in [5.41, 5.74) is 0.816. The molecule has 0 spiro atoms. The molecule has 6 heteroatoms. The van der Waals surface area contributed by atoms with Gasteiger partial charge >= 0.3 is 0 Å². The molecule has 2 aromatic rings. The Kier molecular flexibility index (Phi) is 5.04. The van der Waals surface area contributed by atoms with E-state index in [1.807, 2.05) is 6.92 Å². The molecule has 1 amide bonds. The zero-order chi connectivity index (χ0) is 15.4. The van der Waals surface area contributed by atoms with E-state index in [4.69, 9.17) is 23.2 Å². The number of carbonyl (C=O) groups is 1. The van der Waals surface area contributed by atoms with E-state index in [9.17, 15) is 9.59 Å². The maximum Gasteiger partial charge on any atom is 0.261 e. The summed E-state index contributed by atoms with van der Waals surface area (Å²) >= 11 is 11.9. The number of hydrogen-bond donors (Lipinski definition) is 2. The Bertz CT molecular complexity index is 726. The SMILES string of the molecule is CCCNC(=O)c1ccc(-c2ccc(Cl)cc2Cl)[nH]c1=O. The zero-order valence-corrected chi connectivity index (χ0v) is 12.9. The predicted molar refractivity (Wildman–Crippen MR) is 85.1 cm³/mol. The molecule has 0 aliphatic rings. The quantitative estimate of drug-likeness (QED) is 0.904. The van der Waals surface area contributed by atoms with Crippen molar-refractivity contribution in [3.05, 3.63) is 56.3 Å². The Hall–Kier alpha value is -1.78. The average Bonchev–Trinajstić information content (AvgIpc) is 2.44. The van der Waals surface area contributed by atoms with Crippen LogP contribution in [0.5, 0.6) is 0 Å². The van der Waals surface area contributed by atoms with Crippen LogP contribution >= 0.6 is 23.2 Å². The van der Waals surface area contributed by atoms with Gasteiger partial charge in [-0.3, -0.25) is 9.59 Å². The van der Waals surface area contributed by atoms with Crippen LogP contribution in [-0.4, -0.2) is 17.4 Å². The van der Waals surface area contributed by atoms with Crippen molar-refractivity contribution in [3.63, 3.8) is 0 Å². The molecular formula is C15H14Cl2N2O2. The van der Waals surface area contributed by atoms with Crippen LogP contribution in [0, 0.1) is 0 Å². The highest BCUT2D eigenvalue weighted by Gasteiger charge is 2.12. The molecule has 2 N–H and O–H groups in total. The molecule has 1 aromatic carbocycles. The van der Waals surface area contributed by atoms with Crippen LogP contribution in [0.1, 0.15) is 23.7 Å². The predicted octanol–water partition coefficient (Wildman–Crippen LogP) is 3.49. The minimum absolute atomic E-state index is 0.0808. The third-order valence-corrected chi connectivity index (χ3v) is 3.46. The van der Waals surface area contributed by atoms with Gasteiger partial charge in [-0.25, -0.2) is 0 Å². The Labute approximate surface area is 132 Å². The van der Waals surface area contributed by atoms with E-state index in [-0.39, 0.29) is 11.5 Å². The van der Waals surface area contributed by atoms with Gasteiger partial charge in [-0.15, -0.1) is 0 Å². The fourth-order valence-electron chi connectivity index (χ4n) is 1.85. The average molecular weight is 325 g/mol. The normalized spacial score (nSPS) is 10.4. The lowest BCUT2D eigenvalue weighted by atomic mass is 10.1. The number of H-pyrrole nitrogens is 1. The molecule has 0 aliphatic heterocycles. The topological polar surface area (TPSA) is 62.0 Å². The lowest BCUT2D eigenvalue weighted by Crippen LogP contribution is -2.30. The van der Waals surface area contributed by atoms with Gasteiger partial charge in [0.25, 0.3) is 11.5 Å². The molecule has 0 aliphatic carbocycles. The van der Waals surface area contributed by atoms with E-state index >= 15 is 0 Å². The van der Waals surface area contributed by atoms with Crippen LogP contribution in [0.25, 0.3) is 11.3 Å². The number of aromatic nitrogens is 1. The summed E-state index contributed by atoms with van der Waals surface area (Å²) in [6.45, 7) is 2.47. The zero-order valence-electron chi connectivity index (χ0n) is 11.4. The lowest BCUT2D eigenvalue weighted by molar-refractivity contribution is 0.0952. The van der Waals surface area contributed by atoms with Crippen LogP contribution < -0.4 is 10.9 Å². The van der Waals surface area contributed by atoms with E-state index in [1.54, 1.807) is 24.3 Å². The molecule has 0 atom stereocenters. The number of benzene rings is 1. The summed E-state index contributed by atoms with van der Waals surface area (Å²) < 4.78 is 0. The summed E-state index contributed by atoms with van der Waals surface area (Å²) in [5, 5.41) is 3.61.